The van der Waals surface area contributed by atoms with E-state index in [1.165, 1.54) is 19.3 Å². The summed E-state index contributed by atoms with van der Waals surface area (Å²) < 4.78 is 16.2. The minimum atomic E-state index is -0.105. The van der Waals surface area contributed by atoms with Crippen molar-refractivity contribution in [3.05, 3.63) is 48.0 Å². The molecule has 0 unspecified atom stereocenters. The van der Waals surface area contributed by atoms with Crippen molar-refractivity contribution >= 4 is 11.6 Å². The lowest BCUT2D eigenvalue weighted by molar-refractivity contribution is -0.115. The fraction of sp³-hybridized carbons (Fsp3) is 0.409. The van der Waals surface area contributed by atoms with Crippen LogP contribution in [-0.2, 0) is 11.2 Å². The standard InChI is InChI=1S/C22H29NO4/c1-4-5-6-7-14-27-19-12-9-18(10-13-19)23-22(24)15-17-8-11-20(25-2)16-21(17)26-3/h8-13,16H,4-7,14-15H2,1-3H3,(H,23,24). The van der Waals surface area contributed by atoms with E-state index in [-0.39, 0.29) is 12.3 Å². The fourth-order valence-corrected chi connectivity index (χ4v) is 2.73. The minimum absolute atomic E-state index is 0.105. The Morgan fingerprint density at radius 1 is 0.926 bits per heavy atom. The first kappa shape index (κ1) is 20.6. The van der Waals surface area contributed by atoms with Gasteiger partial charge < -0.3 is 19.5 Å². The lowest BCUT2D eigenvalue weighted by atomic mass is 10.1. The molecule has 0 radical (unpaired) electrons. The zero-order chi connectivity index (χ0) is 19.5. The second-order valence-electron chi connectivity index (χ2n) is 6.34. The van der Waals surface area contributed by atoms with E-state index >= 15 is 0 Å². The molecule has 1 N–H and O–H groups in total. The lowest BCUT2D eigenvalue weighted by Gasteiger charge is -2.11. The third-order valence-corrected chi connectivity index (χ3v) is 4.25. The third-order valence-electron chi connectivity index (χ3n) is 4.25. The van der Waals surface area contributed by atoms with Gasteiger partial charge in [-0.2, -0.15) is 0 Å². The van der Waals surface area contributed by atoms with Gasteiger partial charge in [0.1, 0.15) is 17.2 Å². The maximum absolute atomic E-state index is 12.3. The molecular formula is C22H29NO4. The van der Waals surface area contributed by atoms with Gasteiger partial charge in [0.15, 0.2) is 0 Å². The van der Waals surface area contributed by atoms with Gasteiger partial charge in [-0.1, -0.05) is 32.3 Å². The summed E-state index contributed by atoms with van der Waals surface area (Å²) >= 11 is 0. The number of amides is 1. The van der Waals surface area contributed by atoms with Crippen LogP contribution >= 0.6 is 0 Å². The number of ether oxygens (including phenoxy) is 3. The lowest BCUT2D eigenvalue weighted by Crippen LogP contribution is -2.15. The van der Waals surface area contributed by atoms with Crippen LogP contribution in [0.1, 0.15) is 38.2 Å². The van der Waals surface area contributed by atoms with Crippen molar-refractivity contribution in [3.8, 4) is 17.2 Å². The molecule has 0 atom stereocenters. The molecule has 5 nitrogen and oxygen atoms in total. The molecule has 1 amide bonds. The Kier molecular flexibility index (Phi) is 8.49. The average molecular weight is 371 g/mol. The second kappa shape index (κ2) is 11.1. The number of methoxy groups -OCH3 is 2. The van der Waals surface area contributed by atoms with Crippen molar-refractivity contribution in [1.29, 1.82) is 0 Å². The van der Waals surface area contributed by atoms with E-state index in [0.717, 1.165) is 30.0 Å². The molecule has 0 fully saturated rings. The molecule has 5 heteroatoms. The van der Waals surface area contributed by atoms with Gasteiger partial charge in [0, 0.05) is 17.3 Å². The van der Waals surface area contributed by atoms with Crippen molar-refractivity contribution in [2.45, 2.75) is 39.0 Å². The highest BCUT2D eigenvalue weighted by Gasteiger charge is 2.10. The number of rotatable bonds is 11. The fourth-order valence-electron chi connectivity index (χ4n) is 2.73. The zero-order valence-corrected chi connectivity index (χ0v) is 16.4. The highest BCUT2D eigenvalue weighted by atomic mass is 16.5. The van der Waals surface area contributed by atoms with Crippen molar-refractivity contribution in [2.24, 2.45) is 0 Å². The molecule has 0 saturated carbocycles. The molecule has 0 bridgehead atoms. The predicted molar refractivity (Wildman–Crippen MR) is 108 cm³/mol. The SMILES string of the molecule is CCCCCCOc1ccc(NC(=O)Cc2ccc(OC)cc2OC)cc1. The molecule has 0 saturated heterocycles. The Balaban J connectivity index is 1.85. The van der Waals surface area contributed by atoms with Crippen LogP contribution in [0.25, 0.3) is 0 Å². The van der Waals surface area contributed by atoms with E-state index in [2.05, 4.69) is 12.2 Å². The molecule has 0 spiro atoms. The predicted octanol–water partition coefficient (Wildman–Crippen LogP) is 4.84. The molecule has 2 aromatic rings. The Labute approximate surface area is 161 Å². The van der Waals surface area contributed by atoms with Gasteiger partial charge in [-0.05, 0) is 36.8 Å². The molecule has 0 aliphatic carbocycles. The number of carbonyl (C=O) groups is 1. The largest absolute Gasteiger partial charge is 0.497 e. The summed E-state index contributed by atoms with van der Waals surface area (Å²) in [7, 11) is 3.18. The number of anilines is 1. The smallest absolute Gasteiger partial charge is 0.228 e. The molecule has 0 aliphatic rings. The first-order valence-corrected chi connectivity index (χ1v) is 9.40. The van der Waals surface area contributed by atoms with Crippen LogP contribution in [0.4, 0.5) is 5.69 Å². The van der Waals surface area contributed by atoms with Gasteiger partial charge in [0.2, 0.25) is 5.91 Å². The van der Waals surface area contributed by atoms with Crippen LogP contribution in [0.2, 0.25) is 0 Å². The first-order valence-electron chi connectivity index (χ1n) is 9.40. The normalized spacial score (nSPS) is 10.3. The minimum Gasteiger partial charge on any atom is -0.497 e. The topological polar surface area (TPSA) is 56.8 Å². The van der Waals surface area contributed by atoms with Crippen molar-refractivity contribution in [1.82, 2.24) is 0 Å². The number of carbonyl (C=O) groups excluding carboxylic acids is 1. The van der Waals surface area contributed by atoms with Crippen LogP contribution in [0.15, 0.2) is 42.5 Å². The van der Waals surface area contributed by atoms with Crippen molar-refractivity contribution in [3.63, 3.8) is 0 Å². The summed E-state index contributed by atoms with van der Waals surface area (Å²) in [5, 5.41) is 2.90. The van der Waals surface area contributed by atoms with Crippen LogP contribution in [0.5, 0.6) is 17.2 Å². The van der Waals surface area contributed by atoms with E-state index in [1.54, 1.807) is 20.3 Å². The Hall–Kier alpha value is -2.69. The third kappa shape index (κ3) is 6.85. The highest BCUT2D eigenvalue weighted by molar-refractivity contribution is 5.92. The summed E-state index contributed by atoms with van der Waals surface area (Å²) in [4.78, 5) is 12.3. The number of nitrogens with one attached hydrogen (secondary N) is 1. The Morgan fingerprint density at radius 2 is 1.67 bits per heavy atom. The molecular weight excluding hydrogens is 342 g/mol. The van der Waals surface area contributed by atoms with Gasteiger partial charge in [-0.15, -0.1) is 0 Å². The quantitative estimate of drug-likeness (QED) is 0.574. The summed E-state index contributed by atoms with van der Waals surface area (Å²) in [6.07, 6.45) is 4.95. The van der Waals surface area contributed by atoms with Gasteiger partial charge in [0.25, 0.3) is 0 Å². The summed E-state index contributed by atoms with van der Waals surface area (Å²) in [6, 6.07) is 12.9. The Bertz CT molecular complexity index is 713. The first-order chi connectivity index (χ1) is 13.2. The van der Waals surface area contributed by atoms with E-state index in [1.807, 2.05) is 36.4 Å². The molecule has 0 aliphatic heterocycles. The summed E-state index contributed by atoms with van der Waals surface area (Å²) in [6.45, 7) is 2.92. The molecule has 0 aromatic heterocycles. The molecule has 0 heterocycles. The molecule has 27 heavy (non-hydrogen) atoms. The van der Waals surface area contributed by atoms with Gasteiger partial charge in [-0.25, -0.2) is 0 Å². The van der Waals surface area contributed by atoms with Crippen LogP contribution in [0, 0.1) is 0 Å². The number of unbranched alkanes of at least 4 members (excludes halogenated alkanes) is 3. The molecule has 146 valence electrons. The Morgan fingerprint density at radius 3 is 2.33 bits per heavy atom. The van der Waals surface area contributed by atoms with E-state index in [9.17, 15) is 4.79 Å². The number of hydrogen-bond donors (Lipinski definition) is 1. The summed E-state index contributed by atoms with van der Waals surface area (Å²) in [5.41, 5.74) is 1.55. The van der Waals surface area contributed by atoms with Crippen molar-refractivity contribution in [2.75, 3.05) is 26.1 Å². The van der Waals surface area contributed by atoms with Gasteiger partial charge >= 0.3 is 0 Å². The number of hydrogen-bond acceptors (Lipinski definition) is 4. The van der Waals surface area contributed by atoms with Crippen LogP contribution in [-0.4, -0.2) is 26.7 Å². The van der Waals surface area contributed by atoms with E-state index < -0.39 is 0 Å². The van der Waals surface area contributed by atoms with Crippen LogP contribution in [0.3, 0.4) is 0 Å². The van der Waals surface area contributed by atoms with E-state index in [4.69, 9.17) is 14.2 Å². The van der Waals surface area contributed by atoms with Gasteiger partial charge in [0.05, 0.1) is 27.2 Å². The van der Waals surface area contributed by atoms with Crippen LogP contribution < -0.4 is 19.5 Å². The number of benzene rings is 2. The molecule has 2 aromatic carbocycles. The monoisotopic (exact) mass is 371 g/mol. The molecule has 2 rings (SSSR count). The summed E-state index contributed by atoms with van der Waals surface area (Å²) in [5.74, 6) is 2.05. The van der Waals surface area contributed by atoms with Gasteiger partial charge in [-0.3, -0.25) is 4.79 Å². The van der Waals surface area contributed by atoms with E-state index in [0.29, 0.717) is 11.5 Å². The maximum atomic E-state index is 12.3. The zero-order valence-electron chi connectivity index (χ0n) is 16.4. The second-order valence-corrected chi connectivity index (χ2v) is 6.34. The average Bonchev–Trinajstić information content (AvgIpc) is 2.69. The van der Waals surface area contributed by atoms with Crippen molar-refractivity contribution < 1.29 is 19.0 Å². The highest BCUT2D eigenvalue weighted by Crippen LogP contribution is 2.25. The maximum Gasteiger partial charge on any atom is 0.228 e.